The number of carbonyl (C=O) groups is 1. The highest BCUT2D eigenvalue weighted by Crippen LogP contribution is 2.34. The van der Waals surface area contributed by atoms with Crippen LogP contribution < -0.4 is 4.90 Å². The van der Waals surface area contributed by atoms with E-state index in [0.717, 1.165) is 49.8 Å². The molecule has 1 aromatic carbocycles. The van der Waals surface area contributed by atoms with Gasteiger partial charge in [0.1, 0.15) is 0 Å². The summed E-state index contributed by atoms with van der Waals surface area (Å²) in [6.45, 7) is 7.86. The molecule has 2 heterocycles. The number of nitrogens with zero attached hydrogens (tertiary/aromatic N) is 2. The van der Waals surface area contributed by atoms with Crippen LogP contribution in [0.5, 0.6) is 0 Å². The Morgan fingerprint density at radius 2 is 2.00 bits per heavy atom. The largest absolute Gasteiger partial charge is 0.368 e. The summed E-state index contributed by atoms with van der Waals surface area (Å²) >= 11 is 1.74. The molecule has 1 aliphatic carbocycles. The molecule has 138 valence electrons. The highest BCUT2D eigenvalue weighted by molar-refractivity contribution is 7.14. The highest BCUT2D eigenvalue weighted by atomic mass is 32.1. The van der Waals surface area contributed by atoms with Crippen molar-refractivity contribution in [2.75, 3.05) is 31.1 Å². The van der Waals surface area contributed by atoms with Crippen LogP contribution >= 0.6 is 11.3 Å². The molecular weight excluding hydrogens is 340 g/mol. The summed E-state index contributed by atoms with van der Waals surface area (Å²) in [6.07, 6.45) is 4.86. The molecule has 1 amide bonds. The predicted molar refractivity (Wildman–Crippen MR) is 109 cm³/mol. The van der Waals surface area contributed by atoms with Gasteiger partial charge in [0, 0.05) is 36.7 Å². The van der Waals surface area contributed by atoms with E-state index in [9.17, 15) is 4.79 Å². The van der Waals surface area contributed by atoms with Gasteiger partial charge in [0.05, 0.1) is 4.88 Å². The maximum absolute atomic E-state index is 13.0. The molecule has 0 spiro atoms. The van der Waals surface area contributed by atoms with Gasteiger partial charge in [-0.1, -0.05) is 25.5 Å². The summed E-state index contributed by atoms with van der Waals surface area (Å²) in [5, 5.41) is 0. The number of benzene rings is 1. The third-order valence-electron chi connectivity index (χ3n) is 5.91. The van der Waals surface area contributed by atoms with Gasteiger partial charge in [0.25, 0.3) is 5.91 Å². The van der Waals surface area contributed by atoms with Crippen molar-refractivity contribution in [1.29, 1.82) is 0 Å². The molecule has 1 fully saturated rings. The van der Waals surface area contributed by atoms with Crippen molar-refractivity contribution in [3.8, 4) is 0 Å². The minimum absolute atomic E-state index is 0.237. The number of hydrogen-bond acceptors (Lipinski definition) is 3. The Balaban J connectivity index is 1.40. The predicted octanol–water partition coefficient (Wildman–Crippen LogP) is 4.53. The summed E-state index contributed by atoms with van der Waals surface area (Å²) < 4.78 is 0. The topological polar surface area (TPSA) is 23.6 Å². The molecule has 1 aliphatic heterocycles. The molecule has 0 N–H and O–H groups in total. The first-order valence-electron chi connectivity index (χ1n) is 9.86. The zero-order chi connectivity index (χ0) is 18.1. The average molecular weight is 369 g/mol. The number of amides is 1. The Hall–Kier alpha value is -1.81. The van der Waals surface area contributed by atoms with Gasteiger partial charge >= 0.3 is 0 Å². The SMILES string of the molecule is CCC1CCc2sc(C(=O)N3CCN(c4cccc(C)c4)CC3)cc2C1. The van der Waals surface area contributed by atoms with Crippen molar-refractivity contribution in [3.63, 3.8) is 0 Å². The van der Waals surface area contributed by atoms with E-state index in [-0.39, 0.29) is 5.91 Å². The Labute approximate surface area is 160 Å². The fourth-order valence-electron chi connectivity index (χ4n) is 4.20. The standard InChI is InChI=1S/C22H28N2OS/c1-3-17-7-8-20-18(14-17)15-21(26-20)22(25)24-11-9-23(10-12-24)19-6-4-5-16(2)13-19/h4-6,13,15,17H,3,7-12,14H2,1-2H3. The Morgan fingerprint density at radius 1 is 1.19 bits per heavy atom. The number of anilines is 1. The fraction of sp³-hybridized carbons (Fsp3) is 0.500. The quantitative estimate of drug-likeness (QED) is 0.794. The van der Waals surface area contributed by atoms with Crippen molar-refractivity contribution >= 4 is 22.9 Å². The third-order valence-corrected chi connectivity index (χ3v) is 7.13. The molecule has 4 rings (SSSR count). The normalized spacial score (nSPS) is 20.2. The molecule has 0 saturated carbocycles. The molecule has 2 aliphatic rings. The summed E-state index contributed by atoms with van der Waals surface area (Å²) in [6, 6.07) is 10.8. The number of thiophene rings is 1. The smallest absolute Gasteiger partial charge is 0.264 e. The summed E-state index contributed by atoms with van der Waals surface area (Å²) in [7, 11) is 0. The van der Waals surface area contributed by atoms with E-state index in [4.69, 9.17) is 0 Å². The second-order valence-electron chi connectivity index (χ2n) is 7.69. The summed E-state index contributed by atoms with van der Waals surface area (Å²) in [5.74, 6) is 1.04. The minimum Gasteiger partial charge on any atom is -0.368 e. The lowest BCUT2D eigenvalue weighted by Gasteiger charge is -2.36. The highest BCUT2D eigenvalue weighted by Gasteiger charge is 2.26. The van der Waals surface area contributed by atoms with Gasteiger partial charge < -0.3 is 9.80 Å². The Kier molecular flexibility index (Phi) is 5.03. The molecule has 0 bridgehead atoms. The fourth-order valence-corrected chi connectivity index (χ4v) is 5.38. The molecule has 26 heavy (non-hydrogen) atoms. The summed E-state index contributed by atoms with van der Waals surface area (Å²) in [4.78, 5) is 19.8. The van der Waals surface area contributed by atoms with Crippen LogP contribution in [0.2, 0.25) is 0 Å². The van der Waals surface area contributed by atoms with Gasteiger partial charge in [0.15, 0.2) is 0 Å². The van der Waals surface area contributed by atoms with Crippen LogP contribution in [0.1, 0.15) is 45.4 Å². The monoisotopic (exact) mass is 368 g/mol. The van der Waals surface area contributed by atoms with Crippen LogP contribution in [0.25, 0.3) is 0 Å². The van der Waals surface area contributed by atoms with Crippen molar-refractivity contribution in [1.82, 2.24) is 4.90 Å². The third kappa shape index (κ3) is 3.52. The van der Waals surface area contributed by atoms with E-state index >= 15 is 0 Å². The van der Waals surface area contributed by atoms with Gasteiger partial charge in [-0.05, 0) is 61.4 Å². The van der Waals surface area contributed by atoms with E-state index in [1.807, 2.05) is 4.90 Å². The zero-order valence-electron chi connectivity index (χ0n) is 15.8. The van der Waals surface area contributed by atoms with Gasteiger partial charge in [-0.2, -0.15) is 0 Å². The van der Waals surface area contributed by atoms with E-state index in [2.05, 4.69) is 49.1 Å². The maximum atomic E-state index is 13.0. The Morgan fingerprint density at radius 3 is 2.73 bits per heavy atom. The first kappa shape index (κ1) is 17.6. The Bertz CT molecular complexity index is 789. The van der Waals surface area contributed by atoms with E-state index in [1.165, 1.54) is 34.5 Å². The first-order chi connectivity index (χ1) is 12.6. The number of hydrogen-bond donors (Lipinski definition) is 0. The molecule has 1 atom stereocenters. The van der Waals surface area contributed by atoms with Crippen LogP contribution in [-0.4, -0.2) is 37.0 Å². The van der Waals surface area contributed by atoms with Crippen molar-refractivity contribution in [2.45, 2.75) is 39.5 Å². The average Bonchev–Trinajstić information content (AvgIpc) is 3.10. The van der Waals surface area contributed by atoms with Gasteiger partial charge in [-0.15, -0.1) is 11.3 Å². The van der Waals surface area contributed by atoms with Gasteiger partial charge in [0.2, 0.25) is 0 Å². The molecule has 3 nitrogen and oxygen atoms in total. The van der Waals surface area contributed by atoms with Gasteiger partial charge in [-0.3, -0.25) is 4.79 Å². The molecule has 1 unspecified atom stereocenters. The lowest BCUT2D eigenvalue weighted by atomic mass is 9.87. The number of carbonyl (C=O) groups excluding carboxylic acids is 1. The lowest BCUT2D eigenvalue weighted by molar-refractivity contribution is 0.0751. The molecule has 1 aromatic heterocycles. The zero-order valence-corrected chi connectivity index (χ0v) is 16.6. The maximum Gasteiger partial charge on any atom is 0.264 e. The second-order valence-corrected chi connectivity index (χ2v) is 8.83. The van der Waals surface area contributed by atoms with Crippen LogP contribution in [0.15, 0.2) is 30.3 Å². The van der Waals surface area contributed by atoms with E-state index < -0.39 is 0 Å². The van der Waals surface area contributed by atoms with Crippen LogP contribution in [0, 0.1) is 12.8 Å². The van der Waals surface area contributed by atoms with Crippen LogP contribution in [0.4, 0.5) is 5.69 Å². The second kappa shape index (κ2) is 7.43. The molecular formula is C22H28N2OS. The molecule has 1 saturated heterocycles. The number of rotatable bonds is 3. The first-order valence-corrected chi connectivity index (χ1v) is 10.7. The van der Waals surface area contributed by atoms with Crippen molar-refractivity contribution in [2.24, 2.45) is 5.92 Å². The summed E-state index contributed by atoms with van der Waals surface area (Å²) in [5.41, 5.74) is 4.00. The van der Waals surface area contributed by atoms with Crippen LogP contribution in [-0.2, 0) is 12.8 Å². The molecule has 4 heteroatoms. The number of fused-ring (bicyclic) bond motifs is 1. The molecule has 2 aromatic rings. The van der Waals surface area contributed by atoms with Gasteiger partial charge in [-0.25, -0.2) is 0 Å². The van der Waals surface area contributed by atoms with E-state index in [0.29, 0.717) is 0 Å². The van der Waals surface area contributed by atoms with Crippen LogP contribution in [0.3, 0.4) is 0 Å². The number of aryl methyl sites for hydroxylation is 2. The number of piperazine rings is 1. The molecule has 0 radical (unpaired) electrons. The van der Waals surface area contributed by atoms with Crippen molar-refractivity contribution < 1.29 is 4.79 Å². The lowest BCUT2D eigenvalue weighted by Crippen LogP contribution is -2.48. The van der Waals surface area contributed by atoms with E-state index in [1.54, 1.807) is 11.3 Å². The van der Waals surface area contributed by atoms with Crippen molar-refractivity contribution in [3.05, 3.63) is 51.2 Å². The minimum atomic E-state index is 0.237.